The molecule has 15 atom stereocenters. The van der Waals surface area contributed by atoms with Crippen LogP contribution in [0, 0.1) is 35.5 Å². The van der Waals surface area contributed by atoms with Gasteiger partial charge < -0.3 is 48.3 Å². The average Bonchev–Trinajstić information content (AvgIpc) is 1.46. The number of rotatable bonds is 8. The number of fused-ring (bicyclic) bond motifs is 8. The van der Waals surface area contributed by atoms with Crippen molar-refractivity contribution in [2.24, 2.45) is 35.5 Å². The van der Waals surface area contributed by atoms with Gasteiger partial charge in [-0.1, -0.05) is 73.5 Å². The van der Waals surface area contributed by atoms with Gasteiger partial charge in [0.25, 0.3) is 11.8 Å². The highest BCUT2D eigenvalue weighted by Gasteiger charge is 2.53. The number of anilines is 2. The topological polar surface area (TPSA) is 200 Å². The van der Waals surface area contributed by atoms with Gasteiger partial charge in [0.1, 0.15) is 11.5 Å². The number of benzene rings is 4. The van der Waals surface area contributed by atoms with E-state index in [1.54, 1.807) is 45.4 Å². The lowest BCUT2D eigenvalue weighted by Crippen LogP contribution is -2.54. The lowest BCUT2D eigenvalue weighted by molar-refractivity contribution is -0.142. The van der Waals surface area contributed by atoms with Crippen molar-refractivity contribution in [1.29, 1.82) is 0 Å². The summed E-state index contributed by atoms with van der Waals surface area (Å²) in [7, 11) is 4.74. The fraction of sp³-hybridized carbons (Fsp3) is 0.602. The average molecular weight is 1530 g/mol. The third kappa shape index (κ3) is 15.7. The number of carbonyl (C=O) groups excluding carboxylic acids is 4. The van der Waals surface area contributed by atoms with Gasteiger partial charge in [-0.25, -0.2) is 17.3 Å². The summed E-state index contributed by atoms with van der Waals surface area (Å²) in [5.41, 5.74) is 5.09. The van der Waals surface area contributed by atoms with Crippen molar-refractivity contribution < 1.29 is 50.8 Å². The Kier molecular flexibility index (Phi) is 23.0. The predicted octanol–water partition coefficient (Wildman–Crippen LogP) is 11.9. The lowest BCUT2D eigenvalue weighted by Gasteiger charge is -2.50. The molecule has 6 aliphatic heterocycles. The number of ether oxygens (including phenoxy) is 4. The highest BCUT2D eigenvalue weighted by molar-refractivity contribution is 7.99. The maximum atomic E-state index is 14.2. The van der Waals surface area contributed by atoms with Gasteiger partial charge in [-0.05, 0) is 256 Å². The standard InChI is InChI=1S/C42H57ClN4O5S.C41H55ClN4O6S/c1-28-9-7-19-42(51-5,23-39(48)46-20-17-34(25-46)45(3)4)36-14-11-32(36)24-47-26-41(18-8-10-30-21-33(43)13-15-35(30)41)27-52-38-16-12-31(22-37(38)47)40(49)44-53(6,50)29(28)2;1-27-8-6-18-41(51-5,22-38(47)45-19-16-33(24-45)44(3)4)35-13-10-31(35)23-46-25-40(17-7-9-29-20-32(42)12-14-34(29)40)26-52-37-15-11-30(21-36(37)46)39(48)43-53(49,50)28(27)2/h7,12-13,15-16,19,21-22,28-29,32,34,36H,6,8-11,14,17-18,20,23-27H2,1-5H3,(H,44,49,50);6,11-12,14-15,18,20-21,27-28,31,33,35H,7-10,13,16-17,19,22-26H2,1-5H3,(H,43,48)/b19-7+;18-6+/t28-,29+,32-,34+,36+,41-,42+,53?;27-,28+,31-,33+,35+,40-,41-/m00/s1. The zero-order valence-corrected chi connectivity index (χ0v) is 67.0. The predicted molar refractivity (Wildman–Crippen MR) is 423 cm³/mol. The number of carbonyl (C=O) groups is 4. The fourth-order valence-corrected chi connectivity index (χ4v) is 22.4. The van der Waals surface area contributed by atoms with Crippen LogP contribution < -0.4 is 28.7 Å². The summed E-state index contributed by atoms with van der Waals surface area (Å²) in [5, 5.41) is 0.228. The Morgan fingerprint density at radius 3 is 1.42 bits per heavy atom. The first-order valence-corrected chi connectivity index (χ1v) is 42.8. The summed E-state index contributed by atoms with van der Waals surface area (Å²) in [6.07, 6.45) is 21.5. The summed E-state index contributed by atoms with van der Waals surface area (Å²) >= 11 is 13.0. The van der Waals surface area contributed by atoms with Gasteiger partial charge >= 0.3 is 0 Å². The maximum absolute atomic E-state index is 14.2. The first-order valence-electron chi connectivity index (χ1n) is 38.7. The van der Waals surface area contributed by atoms with Crippen molar-refractivity contribution >= 4 is 83.8 Å². The number of likely N-dealkylation sites (N-methyl/N-ethyl adjacent to an activating group) is 2. The Morgan fingerprint density at radius 2 is 1.02 bits per heavy atom. The zero-order chi connectivity index (χ0) is 75.4. The van der Waals surface area contributed by atoms with Gasteiger partial charge in [-0.2, -0.15) is 0 Å². The molecule has 4 bridgehead atoms. The second-order valence-electron chi connectivity index (χ2n) is 33.4. The van der Waals surface area contributed by atoms with E-state index in [-0.39, 0.29) is 76.6 Å². The minimum absolute atomic E-state index is 0.0493. The van der Waals surface area contributed by atoms with E-state index in [0.29, 0.717) is 75.6 Å². The molecule has 2 saturated heterocycles. The number of likely N-dealkylation sites (tertiary alicyclic amines) is 2. The molecule has 2 spiro atoms. The van der Waals surface area contributed by atoms with E-state index < -0.39 is 53.2 Å². The van der Waals surface area contributed by atoms with Crippen molar-refractivity contribution in [2.45, 2.75) is 175 Å². The molecule has 4 aliphatic carbocycles. The SMILES string of the molecule is C=S1(=O)NC(=O)c2ccc3c(c2)N(C[C@@H]2CC[C@H]2[C@@](CC(=O)N2CC[C@@H](N(C)C)C2)(OC)/C=C/C[C@H](C)[C@H]1C)C[C@@]1(CCCc2cc(Cl)ccc21)CO3.CO[C@]1(CC(=O)N2CC[C@@H](N(C)C)C2)/C=C/C[C@H](C)[C@@H](C)S(=O)(=O)NC(=O)c2ccc3c(c2)N(C[C@@H]2CC[C@H]21)C[C@@]1(CCCc2cc(Cl)ccc21)CO3. The van der Waals surface area contributed by atoms with E-state index >= 15 is 0 Å². The Balaban J connectivity index is 0.000000188. The second-order valence-corrected chi connectivity index (χ2v) is 38.7. The molecule has 10 aliphatic rings. The Morgan fingerprint density at radius 1 is 0.585 bits per heavy atom. The van der Waals surface area contributed by atoms with Crippen LogP contribution in [0.25, 0.3) is 0 Å². The number of halogens is 2. The third-order valence-electron chi connectivity index (χ3n) is 26.7. The summed E-state index contributed by atoms with van der Waals surface area (Å²) in [4.78, 5) is 68.9. The summed E-state index contributed by atoms with van der Waals surface area (Å²) in [5.74, 6) is 4.83. The number of allylic oxidation sites excluding steroid dienone is 2. The molecular weight excluding hydrogens is 1420 g/mol. The molecule has 1 unspecified atom stereocenters. The van der Waals surface area contributed by atoms with Crippen LogP contribution in [-0.4, -0.2) is 203 Å². The highest BCUT2D eigenvalue weighted by atomic mass is 35.5. The summed E-state index contributed by atoms with van der Waals surface area (Å²) < 4.78 is 72.8. The summed E-state index contributed by atoms with van der Waals surface area (Å²) in [6, 6.07) is 23.9. The van der Waals surface area contributed by atoms with Crippen molar-refractivity contribution in [3.8, 4) is 11.5 Å². The van der Waals surface area contributed by atoms with Crippen LogP contribution in [-0.2, 0) is 62.5 Å². The molecular formula is C83H112Cl2N8O11S2. The molecule has 4 aromatic carbocycles. The van der Waals surface area contributed by atoms with E-state index in [4.69, 9.17) is 42.1 Å². The number of sulfonamides is 1. The molecule has 23 heteroatoms. The molecule has 6 heterocycles. The number of nitrogens with one attached hydrogen (secondary N) is 2. The van der Waals surface area contributed by atoms with Gasteiger partial charge in [0.15, 0.2) is 0 Å². The largest absolute Gasteiger partial charge is 0.490 e. The van der Waals surface area contributed by atoms with Gasteiger partial charge in [0, 0.05) is 116 Å². The third-order valence-corrected chi connectivity index (χ3v) is 31.3. The molecule has 0 radical (unpaired) electrons. The monoisotopic (exact) mass is 1530 g/mol. The molecule has 106 heavy (non-hydrogen) atoms. The molecule has 576 valence electrons. The van der Waals surface area contributed by atoms with Crippen molar-refractivity contribution in [1.82, 2.24) is 29.0 Å². The van der Waals surface area contributed by atoms with E-state index in [9.17, 15) is 31.8 Å². The van der Waals surface area contributed by atoms with Gasteiger partial charge in [0.2, 0.25) is 21.8 Å². The van der Waals surface area contributed by atoms with E-state index in [1.807, 2.05) is 60.9 Å². The number of hydrogen-bond donors (Lipinski definition) is 2. The van der Waals surface area contributed by atoms with Gasteiger partial charge in [-0.3, -0.25) is 23.9 Å². The number of amides is 4. The molecule has 19 nitrogen and oxygen atoms in total. The Labute approximate surface area is 640 Å². The van der Waals surface area contributed by atoms with Crippen molar-refractivity contribution in [3.63, 3.8) is 0 Å². The van der Waals surface area contributed by atoms with Crippen LogP contribution in [0.5, 0.6) is 11.5 Å². The molecule has 2 N–H and O–H groups in total. The maximum Gasteiger partial charge on any atom is 0.264 e. The minimum Gasteiger partial charge on any atom is -0.490 e. The van der Waals surface area contributed by atoms with E-state index in [1.165, 1.54) is 22.3 Å². The second kappa shape index (κ2) is 31.3. The molecule has 4 fully saturated rings. The molecule has 4 amide bonds. The Bertz CT molecular complexity index is 4000. The van der Waals surface area contributed by atoms with E-state index in [0.717, 1.165) is 130 Å². The number of hydrogen-bond acceptors (Lipinski definition) is 15. The molecule has 4 aromatic rings. The van der Waals surface area contributed by atoms with Crippen LogP contribution in [0.4, 0.5) is 11.4 Å². The van der Waals surface area contributed by atoms with Crippen LogP contribution >= 0.6 is 23.2 Å². The number of nitrogens with zero attached hydrogens (tertiary/aromatic N) is 6. The quantitative estimate of drug-likeness (QED) is 0.125. The highest BCUT2D eigenvalue weighted by Crippen LogP contribution is 2.53. The first kappa shape index (κ1) is 78.0. The van der Waals surface area contributed by atoms with Crippen LogP contribution in [0.15, 0.2) is 97.1 Å². The minimum atomic E-state index is -4.01. The van der Waals surface area contributed by atoms with Crippen LogP contribution in [0.1, 0.15) is 161 Å². The van der Waals surface area contributed by atoms with Crippen molar-refractivity contribution in [2.75, 3.05) is 118 Å². The van der Waals surface area contributed by atoms with Crippen molar-refractivity contribution in [3.05, 3.63) is 141 Å². The Hall–Kier alpha value is -6.17. The normalized spacial score (nSPS) is 34.2. The van der Waals surface area contributed by atoms with Gasteiger partial charge in [0.05, 0.1) is 63.6 Å². The number of methoxy groups -OCH3 is 2. The first-order chi connectivity index (χ1) is 50.5. The zero-order valence-electron chi connectivity index (χ0n) is 63.8. The van der Waals surface area contributed by atoms with E-state index in [2.05, 4.69) is 106 Å². The number of aryl methyl sites for hydroxylation is 2. The molecule has 0 aromatic heterocycles. The fourth-order valence-electron chi connectivity index (χ4n) is 19.2. The molecule has 14 rings (SSSR count). The molecule has 2 saturated carbocycles. The van der Waals surface area contributed by atoms with Crippen LogP contribution in [0.3, 0.4) is 0 Å². The summed E-state index contributed by atoms with van der Waals surface area (Å²) in [6.45, 7) is 14.1. The smallest absolute Gasteiger partial charge is 0.264 e. The van der Waals surface area contributed by atoms with Crippen LogP contribution in [0.2, 0.25) is 10.0 Å². The van der Waals surface area contributed by atoms with Gasteiger partial charge in [-0.15, -0.1) is 0 Å². The lowest BCUT2D eigenvalue weighted by atomic mass is 9.62.